The fourth-order valence-electron chi connectivity index (χ4n) is 4.02. The molecule has 0 amide bonds. The van der Waals surface area contributed by atoms with E-state index in [2.05, 4.69) is 31.6 Å². The summed E-state index contributed by atoms with van der Waals surface area (Å²) < 4.78 is 0. The summed E-state index contributed by atoms with van der Waals surface area (Å²) in [6.45, 7) is 6.94. The van der Waals surface area contributed by atoms with Gasteiger partial charge in [-0.1, -0.05) is 12.0 Å². The molecule has 2 aliphatic heterocycles. The van der Waals surface area contributed by atoms with Crippen molar-refractivity contribution in [2.45, 2.75) is 38.8 Å². The van der Waals surface area contributed by atoms with Crippen LogP contribution in [0.15, 0.2) is 30.5 Å². The van der Waals surface area contributed by atoms with Gasteiger partial charge >= 0.3 is 0 Å². The van der Waals surface area contributed by atoms with E-state index in [0.29, 0.717) is 12.1 Å². The van der Waals surface area contributed by atoms with Gasteiger partial charge in [-0.25, -0.2) is 9.97 Å². The molecule has 26 heavy (non-hydrogen) atoms. The van der Waals surface area contributed by atoms with E-state index in [9.17, 15) is 0 Å². The molecule has 5 heteroatoms. The summed E-state index contributed by atoms with van der Waals surface area (Å²) in [6, 6.07) is 8.86. The average molecular weight is 347 g/mol. The van der Waals surface area contributed by atoms with E-state index in [4.69, 9.17) is 5.73 Å². The van der Waals surface area contributed by atoms with Crippen molar-refractivity contribution in [2.75, 3.05) is 30.3 Å². The first-order valence-corrected chi connectivity index (χ1v) is 9.28. The molecular formula is C21H25N5. The third-order valence-corrected chi connectivity index (χ3v) is 5.29. The number of aryl methyl sites for hydroxylation is 2. The minimum Gasteiger partial charge on any atom is -0.396 e. The Hall–Kier alpha value is -2.58. The molecule has 2 atom stereocenters. The molecule has 0 saturated carbocycles. The summed E-state index contributed by atoms with van der Waals surface area (Å²) in [4.78, 5) is 13.9. The Labute approximate surface area is 155 Å². The van der Waals surface area contributed by atoms with Gasteiger partial charge in [0.1, 0.15) is 5.69 Å². The van der Waals surface area contributed by atoms with Crippen LogP contribution in [0, 0.1) is 25.7 Å². The van der Waals surface area contributed by atoms with Crippen LogP contribution in [-0.2, 0) is 0 Å². The smallest absolute Gasteiger partial charge is 0.151 e. The molecular weight excluding hydrogens is 322 g/mol. The predicted molar refractivity (Wildman–Crippen MR) is 105 cm³/mol. The highest BCUT2D eigenvalue weighted by atomic mass is 15.3. The molecule has 0 bridgehead atoms. The number of nitrogen functional groups attached to an aromatic ring is 1. The van der Waals surface area contributed by atoms with E-state index in [-0.39, 0.29) is 0 Å². The van der Waals surface area contributed by atoms with Crippen molar-refractivity contribution in [1.82, 2.24) is 14.9 Å². The van der Waals surface area contributed by atoms with Crippen LogP contribution in [0.25, 0.3) is 0 Å². The molecule has 4 heterocycles. The van der Waals surface area contributed by atoms with E-state index in [0.717, 1.165) is 54.5 Å². The largest absolute Gasteiger partial charge is 0.396 e. The topological polar surface area (TPSA) is 58.3 Å². The highest BCUT2D eigenvalue weighted by Gasteiger charge is 2.37. The molecule has 2 saturated heterocycles. The van der Waals surface area contributed by atoms with Crippen LogP contribution in [0.3, 0.4) is 0 Å². The van der Waals surface area contributed by atoms with E-state index >= 15 is 0 Å². The average Bonchev–Trinajstić information content (AvgIpc) is 3.02. The maximum absolute atomic E-state index is 6.19. The molecule has 0 spiro atoms. The molecule has 0 aliphatic carbocycles. The zero-order valence-corrected chi connectivity index (χ0v) is 15.4. The molecule has 0 aromatic carbocycles. The number of hydrogen-bond acceptors (Lipinski definition) is 5. The van der Waals surface area contributed by atoms with Gasteiger partial charge in [0.2, 0.25) is 0 Å². The molecule has 4 rings (SSSR count). The van der Waals surface area contributed by atoms with Gasteiger partial charge in [-0.05, 0) is 56.4 Å². The first-order chi connectivity index (χ1) is 12.6. The first kappa shape index (κ1) is 16.9. The lowest BCUT2D eigenvalue weighted by Gasteiger charge is -2.39. The zero-order valence-electron chi connectivity index (χ0n) is 15.4. The monoisotopic (exact) mass is 347 g/mol. The third kappa shape index (κ3) is 3.38. The van der Waals surface area contributed by atoms with Crippen molar-refractivity contribution in [1.29, 1.82) is 0 Å². The van der Waals surface area contributed by atoms with Crippen molar-refractivity contribution in [3.05, 3.63) is 47.4 Å². The molecule has 2 aromatic rings. The van der Waals surface area contributed by atoms with Crippen LogP contribution >= 0.6 is 0 Å². The van der Waals surface area contributed by atoms with Gasteiger partial charge in [0.15, 0.2) is 5.82 Å². The van der Waals surface area contributed by atoms with Gasteiger partial charge in [-0.2, -0.15) is 0 Å². The number of nitrogens with two attached hydrogens (primary N) is 1. The highest BCUT2D eigenvalue weighted by molar-refractivity contribution is 5.63. The fourth-order valence-corrected chi connectivity index (χ4v) is 4.02. The van der Waals surface area contributed by atoms with Gasteiger partial charge in [-0.15, -0.1) is 0 Å². The quantitative estimate of drug-likeness (QED) is 0.803. The molecule has 2 unspecified atom stereocenters. The number of hydrogen-bond donors (Lipinski definition) is 1. The van der Waals surface area contributed by atoms with Crippen LogP contribution in [0.1, 0.15) is 29.8 Å². The molecule has 2 fully saturated rings. The number of fused-ring (bicyclic) bond motifs is 1. The molecule has 2 N–H and O–H groups in total. The Bertz CT molecular complexity index is 866. The Kier molecular flexibility index (Phi) is 4.52. The first-order valence-electron chi connectivity index (χ1n) is 9.28. The second kappa shape index (κ2) is 6.97. The van der Waals surface area contributed by atoms with E-state index in [1.807, 2.05) is 44.3 Å². The minimum absolute atomic E-state index is 0.327. The van der Waals surface area contributed by atoms with Crippen LogP contribution in [-0.4, -0.2) is 46.6 Å². The summed E-state index contributed by atoms with van der Waals surface area (Å²) in [5, 5.41) is 0. The number of aromatic nitrogens is 2. The summed E-state index contributed by atoms with van der Waals surface area (Å²) in [5.74, 6) is 7.65. The second-order valence-electron chi connectivity index (χ2n) is 7.29. The summed E-state index contributed by atoms with van der Waals surface area (Å²) in [7, 11) is 0. The maximum Gasteiger partial charge on any atom is 0.151 e. The molecule has 5 nitrogen and oxygen atoms in total. The second-order valence-corrected chi connectivity index (χ2v) is 7.29. The molecule has 2 aromatic heterocycles. The van der Waals surface area contributed by atoms with Gasteiger partial charge in [-0.3, -0.25) is 4.90 Å². The number of piperazine rings is 1. The Morgan fingerprint density at radius 1 is 1.19 bits per heavy atom. The van der Waals surface area contributed by atoms with E-state index in [1.165, 1.54) is 6.42 Å². The lowest BCUT2D eigenvalue weighted by atomic mass is 10.1. The molecule has 134 valence electrons. The van der Waals surface area contributed by atoms with E-state index < -0.39 is 0 Å². The summed E-state index contributed by atoms with van der Waals surface area (Å²) in [5.41, 5.74) is 9.95. The normalized spacial score (nSPS) is 22.6. The van der Waals surface area contributed by atoms with Crippen molar-refractivity contribution < 1.29 is 0 Å². The van der Waals surface area contributed by atoms with Gasteiger partial charge in [0, 0.05) is 37.6 Å². The van der Waals surface area contributed by atoms with Crippen molar-refractivity contribution in [3.63, 3.8) is 0 Å². The fraction of sp³-hybridized carbons (Fsp3) is 0.429. The molecule has 0 radical (unpaired) electrons. The molecule has 2 aliphatic rings. The highest BCUT2D eigenvalue weighted by Crippen LogP contribution is 2.30. The maximum atomic E-state index is 6.19. The predicted octanol–water partition coefficient (Wildman–Crippen LogP) is 2.38. The van der Waals surface area contributed by atoms with Crippen LogP contribution in [0.5, 0.6) is 0 Å². The number of anilines is 2. The lowest BCUT2D eigenvalue weighted by Crippen LogP contribution is -2.52. The Morgan fingerprint density at radius 2 is 2.08 bits per heavy atom. The van der Waals surface area contributed by atoms with Crippen LogP contribution in [0.2, 0.25) is 0 Å². The minimum atomic E-state index is 0.327. The van der Waals surface area contributed by atoms with Crippen LogP contribution in [0.4, 0.5) is 11.5 Å². The van der Waals surface area contributed by atoms with Crippen molar-refractivity contribution in [2.24, 2.45) is 0 Å². The summed E-state index contributed by atoms with van der Waals surface area (Å²) in [6.07, 6.45) is 4.19. The lowest BCUT2D eigenvalue weighted by molar-refractivity contribution is 0.203. The Morgan fingerprint density at radius 3 is 2.88 bits per heavy atom. The zero-order chi connectivity index (χ0) is 18.1. The van der Waals surface area contributed by atoms with E-state index in [1.54, 1.807) is 0 Å². The number of nitrogens with zero attached hydrogens (tertiary/aromatic N) is 4. The summed E-state index contributed by atoms with van der Waals surface area (Å²) >= 11 is 0. The van der Waals surface area contributed by atoms with Crippen molar-refractivity contribution in [3.8, 4) is 11.8 Å². The standard InChI is InChI=1S/C21H25N5/c1-15-12-20(22)21(23-13-15)25-10-11-26-18(8-9-19(26)14-25)7-6-17-5-3-4-16(2)24-17/h3-5,12-13,18-19H,8-11,14,22H2,1-2H3. The van der Waals surface area contributed by atoms with Gasteiger partial charge in [0.25, 0.3) is 0 Å². The SMILES string of the molecule is Cc1cnc(N2CCN3C(C#Cc4cccc(C)n4)CCC3C2)c(N)c1. The van der Waals surface area contributed by atoms with Crippen molar-refractivity contribution >= 4 is 11.5 Å². The third-order valence-electron chi connectivity index (χ3n) is 5.29. The Balaban J connectivity index is 1.45. The van der Waals surface area contributed by atoms with Crippen LogP contribution < -0.4 is 10.6 Å². The van der Waals surface area contributed by atoms with Gasteiger partial charge in [0.05, 0.1) is 11.7 Å². The van der Waals surface area contributed by atoms with Gasteiger partial charge < -0.3 is 10.6 Å². The number of pyridine rings is 2. The number of rotatable bonds is 1.